The van der Waals surface area contributed by atoms with Crippen molar-refractivity contribution in [1.82, 2.24) is 5.32 Å². The number of fused-ring (bicyclic) bond motifs is 1. The van der Waals surface area contributed by atoms with Crippen molar-refractivity contribution in [3.8, 4) is 0 Å². The molecule has 2 heterocycles. The fraction of sp³-hybridized carbons (Fsp3) is 0.238. The van der Waals surface area contributed by atoms with Gasteiger partial charge in [0.2, 0.25) is 11.8 Å². The molecule has 5 heteroatoms. The van der Waals surface area contributed by atoms with Gasteiger partial charge in [-0.2, -0.15) is 0 Å². The topological polar surface area (TPSA) is 49.4 Å². The van der Waals surface area contributed by atoms with Gasteiger partial charge in [0.1, 0.15) is 5.92 Å². The number of nitrogens with one attached hydrogen (secondary N) is 1. The van der Waals surface area contributed by atoms with Crippen LogP contribution in [0.4, 0.5) is 5.69 Å². The maximum absolute atomic E-state index is 12.7. The van der Waals surface area contributed by atoms with Gasteiger partial charge in [-0.25, -0.2) is 0 Å². The van der Waals surface area contributed by atoms with Gasteiger partial charge in [0.15, 0.2) is 0 Å². The van der Waals surface area contributed by atoms with E-state index in [1.165, 1.54) is 4.88 Å². The molecule has 0 saturated carbocycles. The number of nitrogens with zero attached hydrogens (tertiary/aromatic N) is 1. The lowest BCUT2D eigenvalue weighted by molar-refractivity contribution is -0.132. The van der Waals surface area contributed by atoms with E-state index in [2.05, 4.69) is 17.4 Å². The van der Waals surface area contributed by atoms with Gasteiger partial charge < -0.3 is 10.2 Å². The summed E-state index contributed by atoms with van der Waals surface area (Å²) in [5.74, 6) is -0.839. The van der Waals surface area contributed by atoms with Crippen molar-refractivity contribution in [2.75, 3.05) is 18.0 Å². The molecule has 2 aromatic carbocycles. The summed E-state index contributed by atoms with van der Waals surface area (Å²) < 4.78 is 0. The fourth-order valence-corrected chi connectivity index (χ4v) is 4.12. The molecule has 1 N–H and O–H groups in total. The SMILES string of the molecule is O=C(NCCc1cccs1)C1CCN(c2ccc3ccccc3c2)C1=O. The first kappa shape index (κ1) is 16.8. The standard InChI is InChI=1S/C21H20N2O2S/c24-20(22-11-9-18-6-3-13-26-18)19-10-12-23(21(19)25)17-8-7-15-4-1-2-5-16(15)14-17/h1-8,13-14,19H,9-12H2,(H,22,24). The Morgan fingerprint density at radius 2 is 1.96 bits per heavy atom. The van der Waals surface area contributed by atoms with Crippen LogP contribution < -0.4 is 10.2 Å². The zero-order valence-electron chi connectivity index (χ0n) is 14.4. The number of hydrogen-bond acceptors (Lipinski definition) is 3. The molecule has 132 valence electrons. The summed E-state index contributed by atoms with van der Waals surface area (Å²) in [6, 6.07) is 18.1. The molecule has 26 heavy (non-hydrogen) atoms. The highest BCUT2D eigenvalue weighted by Crippen LogP contribution is 2.28. The van der Waals surface area contributed by atoms with Crippen LogP contribution in [0.1, 0.15) is 11.3 Å². The van der Waals surface area contributed by atoms with Crippen molar-refractivity contribution >= 4 is 39.6 Å². The highest BCUT2D eigenvalue weighted by atomic mass is 32.1. The van der Waals surface area contributed by atoms with Crippen LogP contribution in [0, 0.1) is 5.92 Å². The molecule has 3 aromatic rings. The Morgan fingerprint density at radius 3 is 2.77 bits per heavy atom. The van der Waals surface area contributed by atoms with Gasteiger partial charge in [0, 0.05) is 23.7 Å². The summed E-state index contributed by atoms with van der Waals surface area (Å²) >= 11 is 1.68. The van der Waals surface area contributed by atoms with Gasteiger partial charge in [-0.1, -0.05) is 36.4 Å². The Bertz CT molecular complexity index is 936. The predicted octanol–water partition coefficient (Wildman–Crippen LogP) is 3.61. The summed E-state index contributed by atoms with van der Waals surface area (Å²) in [5.41, 5.74) is 0.864. The molecule has 1 unspecified atom stereocenters. The maximum atomic E-state index is 12.7. The van der Waals surface area contributed by atoms with Crippen LogP contribution in [0.25, 0.3) is 10.8 Å². The average molecular weight is 364 g/mol. The monoisotopic (exact) mass is 364 g/mol. The third-order valence-electron chi connectivity index (χ3n) is 4.82. The number of anilines is 1. The molecule has 1 aliphatic heterocycles. The molecule has 1 fully saturated rings. The van der Waals surface area contributed by atoms with Crippen molar-refractivity contribution in [3.63, 3.8) is 0 Å². The van der Waals surface area contributed by atoms with Crippen LogP contribution >= 0.6 is 11.3 Å². The number of carbonyl (C=O) groups is 2. The Hall–Kier alpha value is -2.66. The van der Waals surface area contributed by atoms with E-state index < -0.39 is 5.92 Å². The van der Waals surface area contributed by atoms with Crippen molar-refractivity contribution in [3.05, 3.63) is 64.9 Å². The quantitative estimate of drug-likeness (QED) is 0.703. The van der Waals surface area contributed by atoms with E-state index in [1.54, 1.807) is 16.2 Å². The molecule has 1 aromatic heterocycles. The van der Waals surface area contributed by atoms with Crippen LogP contribution in [-0.4, -0.2) is 24.9 Å². The van der Waals surface area contributed by atoms with E-state index in [0.717, 1.165) is 22.9 Å². The summed E-state index contributed by atoms with van der Waals surface area (Å²) in [7, 11) is 0. The predicted molar refractivity (Wildman–Crippen MR) is 105 cm³/mol. The molecule has 4 rings (SSSR count). The lowest BCUT2D eigenvalue weighted by atomic mass is 10.1. The third-order valence-corrected chi connectivity index (χ3v) is 5.75. The molecule has 0 aliphatic carbocycles. The lowest BCUT2D eigenvalue weighted by Gasteiger charge is -2.17. The minimum atomic E-state index is -0.579. The molecule has 0 spiro atoms. The van der Waals surface area contributed by atoms with Crippen molar-refractivity contribution in [1.29, 1.82) is 0 Å². The molecule has 4 nitrogen and oxygen atoms in total. The average Bonchev–Trinajstić information content (AvgIpc) is 3.31. The highest BCUT2D eigenvalue weighted by Gasteiger charge is 2.37. The van der Waals surface area contributed by atoms with Gasteiger partial charge in [-0.05, 0) is 47.2 Å². The van der Waals surface area contributed by atoms with Crippen LogP contribution in [-0.2, 0) is 16.0 Å². The van der Waals surface area contributed by atoms with E-state index in [1.807, 2.05) is 47.8 Å². The van der Waals surface area contributed by atoms with Gasteiger partial charge >= 0.3 is 0 Å². The summed E-state index contributed by atoms with van der Waals surface area (Å²) in [4.78, 5) is 28.1. The van der Waals surface area contributed by atoms with Crippen molar-refractivity contribution in [2.45, 2.75) is 12.8 Å². The molecule has 1 saturated heterocycles. The number of carbonyl (C=O) groups excluding carboxylic acids is 2. The summed E-state index contributed by atoms with van der Waals surface area (Å²) in [6.07, 6.45) is 1.37. The van der Waals surface area contributed by atoms with E-state index >= 15 is 0 Å². The second kappa shape index (κ2) is 7.30. The summed E-state index contributed by atoms with van der Waals surface area (Å²) in [6.45, 7) is 1.15. The van der Waals surface area contributed by atoms with Gasteiger partial charge in [-0.15, -0.1) is 11.3 Å². The molecule has 1 aliphatic rings. The van der Waals surface area contributed by atoms with Gasteiger partial charge in [-0.3, -0.25) is 9.59 Å². The number of thiophene rings is 1. The number of benzene rings is 2. The maximum Gasteiger partial charge on any atom is 0.239 e. The second-order valence-corrected chi connectivity index (χ2v) is 7.52. The molecule has 1 atom stereocenters. The first-order chi connectivity index (χ1) is 12.7. The minimum Gasteiger partial charge on any atom is -0.355 e. The Morgan fingerprint density at radius 1 is 1.12 bits per heavy atom. The van der Waals surface area contributed by atoms with Crippen LogP contribution in [0.3, 0.4) is 0 Å². The summed E-state index contributed by atoms with van der Waals surface area (Å²) in [5, 5.41) is 7.19. The number of hydrogen-bond donors (Lipinski definition) is 1. The molecule has 0 bridgehead atoms. The van der Waals surface area contributed by atoms with Gasteiger partial charge in [0.05, 0.1) is 0 Å². The van der Waals surface area contributed by atoms with Crippen LogP contribution in [0.5, 0.6) is 0 Å². The zero-order valence-corrected chi connectivity index (χ0v) is 15.2. The van der Waals surface area contributed by atoms with E-state index in [4.69, 9.17) is 0 Å². The first-order valence-electron chi connectivity index (χ1n) is 8.82. The smallest absolute Gasteiger partial charge is 0.239 e. The normalized spacial score (nSPS) is 17.0. The number of amides is 2. The molecule has 0 radical (unpaired) electrons. The van der Waals surface area contributed by atoms with E-state index in [-0.39, 0.29) is 11.8 Å². The fourth-order valence-electron chi connectivity index (χ4n) is 3.41. The second-order valence-electron chi connectivity index (χ2n) is 6.48. The minimum absolute atomic E-state index is 0.103. The van der Waals surface area contributed by atoms with Crippen LogP contribution in [0.2, 0.25) is 0 Å². The van der Waals surface area contributed by atoms with E-state index in [9.17, 15) is 9.59 Å². The molecule has 2 amide bonds. The van der Waals surface area contributed by atoms with E-state index in [0.29, 0.717) is 19.5 Å². The first-order valence-corrected chi connectivity index (χ1v) is 9.70. The number of rotatable bonds is 5. The highest BCUT2D eigenvalue weighted by molar-refractivity contribution is 7.09. The Kier molecular flexibility index (Phi) is 4.71. The Balaban J connectivity index is 1.41. The van der Waals surface area contributed by atoms with Crippen molar-refractivity contribution < 1.29 is 9.59 Å². The van der Waals surface area contributed by atoms with Crippen LogP contribution in [0.15, 0.2) is 60.0 Å². The van der Waals surface area contributed by atoms with Gasteiger partial charge in [0.25, 0.3) is 0 Å². The third kappa shape index (κ3) is 3.35. The van der Waals surface area contributed by atoms with Crippen molar-refractivity contribution in [2.24, 2.45) is 5.92 Å². The lowest BCUT2D eigenvalue weighted by Crippen LogP contribution is -2.37. The molecular formula is C21H20N2O2S. The zero-order chi connectivity index (χ0) is 17.9. The molecular weight excluding hydrogens is 344 g/mol. The largest absolute Gasteiger partial charge is 0.355 e. The Labute approximate surface area is 156 Å².